The molecule has 0 spiro atoms. The highest BCUT2D eigenvalue weighted by Gasteiger charge is 2.50. The van der Waals surface area contributed by atoms with Crippen LogP contribution in [0.2, 0.25) is 0 Å². The van der Waals surface area contributed by atoms with Crippen LogP contribution in [0.4, 0.5) is 8.78 Å². The molecule has 4 fully saturated rings. The molecule has 0 aromatic rings. The number of alkyl halides is 2. The molecule has 4 aliphatic rings. The van der Waals surface area contributed by atoms with Gasteiger partial charge in [0.15, 0.2) is 0 Å². The van der Waals surface area contributed by atoms with E-state index in [1.807, 2.05) is 6.92 Å². The normalized spacial score (nSPS) is 41.4. The topological polar surface area (TPSA) is 43.7 Å². The Hall–Kier alpha value is -1.04. The van der Waals surface area contributed by atoms with E-state index in [2.05, 4.69) is 37.5 Å². The van der Waals surface area contributed by atoms with Gasteiger partial charge >= 0.3 is 0 Å². The van der Waals surface area contributed by atoms with E-state index in [0.717, 1.165) is 37.2 Å². The molecule has 0 aromatic carbocycles. The molecule has 1 aliphatic heterocycles. The van der Waals surface area contributed by atoms with Gasteiger partial charge in [-0.3, -0.25) is 0 Å². The lowest BCUT2D eigenvalue weighted by atomic mass is 9.61. The van der Waals surface area contributed by atoms with E-state index in [-0.39, 0.29) is 5.92 Å². The van der Waals surface area contributed by atoms with Crippen molar-refractivity contribution in [3.05, 3.63) is 35.5 Å². The Labute approximate surface area is 205 Å². The first-order valence-electron chi connectivity index (χ1n) is 13.6. The van der Waals surface area contributed by atoms with Gasteiger partial charge in [-0.05, 0) is 98.8 Å². The smallest absolute Gasteiger partial charge is 0.241 e. The number of halogens is 2. The highest BCUT2D eigenvalue weighted by Crippen LogP contribution is 2.59. The van der Waals surface area contributed by atoms with E-state index in [1.54, 1.807) is 0 Å². The van der Waals surface area contributed by atoms with Crippen LogP contribution in [0.25, 0.3) is 0 Å². The Kier molecular flexibility index (Phi) is 8.06. The Balaban J connectivity index is 1.42. The van der Waals surface area contributed by atoms with Crippen molar-refractivity contribution in [3.8, 4) is 0 Å². The molecule has 34 heavy (non-hydrogen) atoms. The Bertz CT molecular complexity index is 800. The van der Waals surface area contributed by atoms with E-state index in [1.165, 1.54) is 31.3 Å². The molecule has 7 atom stereocenters. The first-order chi connectivity index (χ1) is 16.1. The highest BCUT2D eigenvalue weighted by molar-refractivity contribution is 5.39. The molecule has 2 N–H and O–H groups in total. The monoisotopic (exact) mass is 477 g/mol. The van der Waals surface area contributed by atoms with Gasteiger partial charge in [0.25, 0.3) is 0 Å². The molecule has 1 heterocycles. The van der Waals surface area contributed by atoms with Gasteiger partial charge in [-0.1, -0.05) is 45.1 Å². The first-order valence-corrected chi connectivity index (χ1v) is 13.6. The van der Waals surface area contributed by atoms with Crippen molar-refractivity contribution in [2.75, 3.05) is 19.6 Å². The van der Waals surface area contributed by atoms with Crippen molar-refractivity contribution in [2.45, 2.75) is 90.8 Å². The predicted molar refractivity (Wildman–Crippen MR) is 134 cm³/mol. The van der Waals surface area contributed by atoms with Gasteiger partial charge in [0.1, 0.15) is 0 Å². The second kappa shape index (κ2) is 10.5. The van der Waals surface area contributed by atoms with Crippen molar-refractivity contribution in [3.63, 3.8) is 0 Å². The van der Waals surface area contributed by atoms with Crippen molar-refractivity contribution in [1.29, 1.82) is 0 Å². The Morgan fingerprint density at radius 1 is 1.15 bits per heavy atom. The summed E-state index contributed by atoms with van der Waals surface area (Å²) in [7, 11) is 0. The fourth-order valence-electron chi connectivity index (χ4n) is 7.78. The lowest BCUT2D eigenvalue weighted by Crippen LogP contribution is -2.42. The van der Waals surface area contributed by atoms with Crippen molar-refractivity contribution in [1.82, 2.24) is 4.90 Å². The summed E-state index contributed by atoms with van der Waals surface area (Å²) in [5.74, 6) is 1.23. The van der Waals surface area contributed by atoms with E-state index in [4.69, 9.17) is 0 Å². The Morgan fingerprint density at radius 2 is 1.85 bits per heavy atom. The molecule has 3 aliphatic carbocycles. The molecule has 0 bridgehead atoms. The molecule has 0 unspecified atom stereocenters. The lowest BCUT2D eigenvalue weighted by Gasteiger charge is -2.45. The van der Waals surface area contributed by atoms with Crippen LogP contribution < -0.4 is 0 Å². The summed E-state index contributed by atoms with van der Waals surface area (Å²) in [4.78, 5) is 2.43. The van der Waals surface area contributed by atoms with Gasteiger partial charge in [-0.15, -0.1) is 0 Å². The zero-order chi connectivity index (χ0) is 24.6. The van der Waals surface area contributed by atoms with E-state index < -0.39 is 24.6 Å². The zero-order valence-corrected chi connectivity index (χ0v) is 21.4. The number of rotatable bonds is 5. The fourth-order valence-corrected chi connectivity index (χ4v) is 7.78. The summed E-state index contributed by atoms with van der Waals surface area (Å²) in [6, 6.07) is 0. The van der Waals surface area contributed by atoms with Crippen LogP contribution in [-0.2, 0) is 0 Å². The number of nitrogens with zero attached hydrogens (tertiary/aromatic N) is 1. The van der Waals surface area contributed by atoms with Gasteiger partial charge in [-0.25, -0.2) is 8.78 Å². The fraction of sp³-hybridized carbons (Fsp3) is 0.793. The number of hydrogen-bond donors (Lipinski definition) is 2. The van der Waals surface area contributed by atoms with Crippen molar-refractivity contribution in [2.24, 2.45) is 35.0 Å². The van der Waals surface area contributed by atoms with Gasteiger partial charge in [-0.2, -0.15) is 0 Å². The number of fused-ring (bicyclic) bond motifs is 1. The quantitative estimate of drug-likeness (QED) is 0.511. The number of aliphatic hydroxyl groups is 2. The van der Waals surface area contributed by atoms with Gasteiger partial charge in [0.2, 0.25) is 6.43 Å². The number of hydrogen-bond acceptors (Lipinski definition) is 3. The number of aliphatic hydroxyl groups excluding tert-OH is 2. The SMILES string of the molecule is C=C1/C(=C\C=C2/CCC[C@]3(C)[C@@H]([C@H](C)CN4CCC(C(F)F)CC4)CC[C@@H]23)C[C@@H](O)[C@H](C)[C@@H]1O. The van der Waals surface area contributed by atoms with E-state index in [9.17, 15) is 19.0 Å². The molecule has 3 nitrogen and oxygen atoms in total. The van der Waals surface area contributed by atoms with Gasteiger partial charge < -0.3 is 15.1 Å². The molecule has 0 amide bonds. The molecule has 192 valence electrons. The average Bonchev–Trinajstić information content (AvgIpc) is 3.17. The third-order valence-electron chi connectivity index (χ3n) is 10.1. The molecule has 5 heteroatoms. The number of likely N-dealkylation sites (tertiary alicyclic amines) is 1. The molecular formula is C29H45F2NO2. The van der Waals surface area contributed by atoms with E-state index >= 15 is 0 Å². The minimum Gasteiger partial charge on any atom is -0.392 e. The second-order valence-electron chi connectivity index (χ2n) is 12.1. The van der Waals surface area contributed by atoms with Crippen LogP contribution in [0, 0.1) is 35.0 Å². The summed E-state index contributed by atoms with van der Waals surface area (Å²) in [5, 5.41) is 20.8. The predicted octanol–water partition coefficient (Wildman–Crippen LogP) is 5.99. The second-order valence-corrected chi connectivity index (χ2v) is 12.1. The summed E-state index contributed by atoms with van der Waals surface area (Å²) >= 11 is 0. The minimum absolute atomic E-state index is 0.173. The van der Waals surface area contributed by atoms with Crippen LogP contribution in [-0.4, -0.2) is 53.4 Å². The maximum atomic E-state index is 13.0. The molecule has 0 radical (unpaired) electrons. The first kappa shape index (κ1) is 26.0. The summed E-state index contributed by atoms with van der Waals surface area (Å²) in [6.45, 7) is 13.5. The van der Waals surface area contributed by atoms with E-state index in [0.29, 0.717) is 42.4 Å². The Morgan fingerprint density at radius 3 is 2.53 bits per heavy atom. The largest absolute Gasteiger partial charge is 0.392 e. The summed E-state index contributed by atoms with van der Waals surface area (Å²) in [5.41, 5.74) is 3.54. The average molecular weight is 478 g/mol. The van der Waals surface area contributed by atoms with Gasteiger partial charge in [0.05, 0.1) is 12.2 Å². The van der Waals surface area contributed by atoms with Crippen LogP contribution in [0.15, 0.2) is 35.5 Å². The summed E-state index contributed by atoms with van der Waals surface area (Å²) in [6.07, 6.45) is 8.89. The number of allylic oxidation sites excluding steroid dienone is 3. The van der Waals surface area contributed by atoms with Gasteiger partial charge in [0, 0.05) is 18.4 Å². The maximum absolute atomic E-state index is 13.0. The molecule has 4 rings (SSSR count). The lowest BCUT2D eigenvalue weighted by molar-refractivity contribution is 0.0227. The maximum Gasteiger partial charge on any atom is 0.241 e. The standard InChI is InChI=1S/C29H45F2NO2/c1-18(17-32-14-11-22(12-15-32)28(30)31)24-9-10-25-21(6-5-13-29(24,25)4)7-8-23-16-26(33)20(3)27(34)19(23)2/h7-8,18,20,22,24-28,33-34H,2,5-6,9-17H2,1,3-4H3/b21-7+,23-8-/t18-,20+,24-,25+,26-,27-,29-/m1/s1. The highest BCUT2D eigenvalue weighted by atomic mass is 19.3. The third kappa shape index (κ3) is 5.08. The van der Waals surface area contributed by atoms with Crippen LogP contribution in [0.1, 0.15) is 72.1 Å². The third-order valence-corrected chi connectivity index (χ3v) is 10.1. The molecule has 0 aromatic heterocycles. The number of piperidine rings is 1. The van der Waals surface area contributed by atoms with Crippen molar-refractivity contribution >= 4 is 0 Å². The zero-order valence-electron chi connectivity index (χ0n) is 21.4. The van der Waals surface area contributed by atoms with Crippen molar-refractivity contribution < 1.29 is 19.0 Å². The van der Waals surface area contributed by atoms with Crippen LogP contribution in [0.3, 0.4) is 0 Å². The molecular weight excluding hydrogens is 432 g/mol. The molecule has 1 saturated heterocycles. The summed E-state index contributed by atoms with van der Waals surface area (Å²) < 4.78 is 26.1. The van der Waals surface area contributed by atoms with Crippen LogP contribution >= 0.6 is 0 Å². The van der Waals surface area contributed by atoms with Crippen LogP contribution in [0.5, 0.6) is 0 Å². The molecule has 3 saturated carbocycles. The minimum atomic E-state index is -2.17.